The average molecular weight is 397 g/mol. The van der Waals surface area contributed by atoms with E-state index in [-0.39, 0.29) is 11.8 Å². The zero-order valence-electron chi connectivity index (χ0n) is 14.8. The third-order valence-electron chi connectivity index (χ3n) is 4.87. The van der Waals surface area contributed by atoms with Crippen LogP contribution in [0.25, 0.3) is 10.9 Å². The summed E-state index contributed by atoms with van der Waals surface area (Å²) in [7, 11) is 1.82. The van der Waals surface area contributed by atoms with Gasteiger partial charge < -0.3 is 20.5 Å². The van der Waals surface area contributed by atoms with Gasteiger partial charge in [-0.15, -0.1) is 0 Å². The summed E-state index contributed by atoms with van der Waals surface area (Å²) in [6.45, 7) is 3.37. The summed E-state index contributed by atoms with van der Waals surface area (Å²) in [4.78, 5) is 24.4. The fourth-order valence-electron chi connectivity index (χ4n) is 3.44. The second-order valence-electron chi connectivity index (χ2n) is 6.81. The first-order valence-corrected chi connectivity index (χ1v) is 9.30. The predicted molar refractivity (Wildman–Crippen MR) is 104 cm³/mol. The van der Waals surface area contributed by atoms with Crippen molar-refractivity contribution in [3.63, 3.8) is 0 Å². The number of aryl methyl sites for hydroxylation is 1. The number of rotatable bonds is 4. The number of amides is 2. The zero-order valence-corrected chi connectivity index (χ0v) is 16.3. The van der Waals surface area contributed by atoms with Crippen LogP contribution in [0.2, 0.25) is 10.0 Å². The van der Waals surface area contributed by atoms with E-state index in [1.807, 2.05) is 13.1 Å². The second kappa shape index (κ2) is 7.47. The largest absolute Gasteiger partial charge is 0.354 e. The number of nitrogens with zero attached hydrogens (tertiary/aromatic N) is 1. The molecule has 0 bridgehead atoms. The molecule has 0 aliphatic carbocycles. The maximum Gasteiger partial charge on any atom is 0.268 e. The number of carbonyl (C=O) groups excluding carboxylic acids is 2. The summed E-state index contributed by atoms with van der Waals surface area (Å²) in [5.74, 6) is -0.319. The Morgan fingerprint density at radius 2 is 2.12 bits per heavy atom. The van der Waals surface area contributed by atoms with Crippen molar-refractivity contribution < 1.29 is 9.59 Å². The first kappa shape index (κ1) is 19.0. The van der Waals surface area contributed by atoms with Crippen molar-refractivity contribution in [1.82, 2.24) is 20.5 Å². The van der Waals surface area contributed by atoms with Crippen LogP contribution in [-0.2, 0) is 11.8 Å². The summed E-state index contributed by atoms with van der Waals surface area (Å²) < 4.78 is 1.80. The van der Waals surface area contributed by atoms with Crippen molar-refractivity contribution in [2.24, 2.45) is 7.05 Å². The van der Waals surface area contributed by atoms with Crippen LogP contribution >= 0.6 is 23.2 Å². The van der Waals surface area contributed by atoms with E-state index < -0.39 is 5.54 Å². The first-order valence-electron chi connectivity index (χ1n) is 8.54. The van der Waals surface area contributed by atoms with E-state index in [1.165, 1.54) is 6.92 Å². The molecule has 1 unspecified atom stereocenters. The van der Waals surface area contributed by atoms with Gasteiger partial charge in [-0.3, -0.25) is 9.59 Å². The summed E-state index contributed by atoms with van der Waals surface area (Å²) in [5, 5.41) is 10.9. The molecule has 2 heterocycles. The Bertz CT molecular complexity index is 856. The SMILES string of the molecule is CC(=O)NCC1(NC(=O)c2cc3c(Cl)c(Cl)ccc3n2C)CCCNC1. The molecular weight excluding hydrogens is 375 g/mol. The molecule has 0 saturated carbocycles. The van der Waals surface area contributed by atoms with Gasteiger partial charge in [-0.1, -0.05) is 23.2 Å². The van der Waals surface area contributed by atoms with Crippen molar-refractivity contribution in [2.45, 2.75) is 25.3 Å². The van der Waals surface area contributed by atoms with Crippen LogP contribution in [-0.4, -0.2) is 41.6 Å². The minimum atomic E-state index is -0.515. The number of halogens is 2. The van der Waals surface area contributed by atoms with Gasteiger partial charge in [0.25, 0.3) is 5.91 Å². The molecule has 26 heavy (non-hydrogen) atoms. The highest BCUT2D eigenvalue weighted by molar-refractivity contribution is 6.45. The highest BCUT2D eigenvalue weighted by atomic mass is 35.5. The molecule has 1 fully saturated rings. The van der Waals surface area contributed by atoms with Crippen molar-refractivity contribution in [3.8, 4) is 0 Å². The molecule has 1 aromatic heterocycles. The molecule has 2 aromatic rings. The van der Waals surface area contributed by atoms with Crippen LogP contribution in [0.15, 0.2) is 18.2 Å². The first-order chi connectivity index (χ1) is 12.3. The van der Waals surface area contributed by atoms with E-state index in [2.05, 4.69) is 16.0 Å². The predicted octanol–water partition coefficient (Wildman–Crippen LogP) is 2.47. The fourth-order valence-corrected chi connectivity index (χ4v) is 3.81. The van der Waals surface area contributed by atoms with Gasteiger partial charge in [0.2, 0.25) is 5.91 Å². The number of piperidine rings is 1. The van der Waals surface area contributed by atoms with Gasteiger partial charge in [-0.25, -0.2) is 0 Å². The van der Waals surface area contributed by atoms with Crippen LogP contribution in [0.1, 0.15) is 30.3 Å². The quantitative estimate of drug-likeness (QED) is 0.742. The van der Waals surface area contributed by atoms with Gasteiger partial charge in [-0.05, 0) is 37.6 Å². The molecule has 6 nitrogen and oxygen atoms in total. The summed E-state index contributed by atoms with van der Waals surface area (Å²) >= 11 is 12.4. The number of carbonyl (C=O) groups is 2. The number of nitrogens with one attached hydrogen (secondary N) is 3. The van der Waals surface area contributed by atoms with Gasteiger partial charge >= 0.3 is 0 Å². The lowest BCUT2D eigenvalue weighted by atomic mass is 9.89. The third kappa shape index (κ3) is 3.68. The third-order valence-corrected chi connectivity index (χ3v) is 5.69. The molecule has 1 aromatic carbocycles. The molecule has 2 amide bonds. The fraction of sp³-hybridized carbons (Fsp3) is 0.444. The van der Waals surface area contributed by atoms with E-state index >= 15 is 0 Å². The van der Waals surface area contributed by atoms with Gasteiger partial charge in [0.15, 0.2) is 0 Å². The van der Waals surface area contributed by atoms with Crippen molar-refractivity contribution in [2.75, 3.05) is 19.6 Å². The molecule has 0 spiro atoms. The topological polar surface area (TPSA) is 75.2 Å². The van der Waals surface area contributed by atoms with Crippen molar-refractivity contribution in [3.05, 3.63) is 33.9 Å². The molecule has 1 atom stereocenters. The summed E-state index contributed by atoms with van der Waals surface area (Å²) in [5.41, 5.74) is 0.818. The standard InChI is InChI=1S/C18H22Cl2N4O2/c1-11(25)22-10-18(6-3-7-21-9-18)23-17(26)15-8-12-14(24(15)2)5-4-13(19)16(12)20/h4-5,8,21H,3,6-7,9-10H2,1-2H3,(H,22,25)(H,23,26). The van der Waals surface area contributed by atoms with Crippen molar-refractivity contribution >= 4 is 45.9 Å². The van der Waals surface area contributed by atoms with E-state index in [0.717, 1.165) is 30.3 Å². The van der Waals surface area contributed by atoms with E-state index in [4.69, 9.17) is 23.2 Å². The Morgan fingerprint density at radius 1 is 1.35 bits per heavy atom. The zero-order chi connectivity index (χ0) is 18.9. The van der Waals surface area contributed by atoms with Crippen molar-refractivity contribution in [1.29, 1.82) is 0 Å². The van der Waals surface area contributed by atoms with Crippen LogP contribution in [0.5, 0.6) is 0 Å². The van der Waals surface area contributed by atoms with E-state index in [9.17, 15) is 9.59 Å². The Kier molecular flexibility index (Phi) is 5.46. The molecule has 0 radical (unpaired) electrons. The van der Waals surface area contributed by atoms with Gasteiger partial charge in [0.1, 0.15) is 5.69 Å². The number of aromatic nitrogens is 1. The van der Waals surface area contributed by atoms with Gasteiger partial charge in [0.05, 0.1) is 15.6 Å². The average Bonchev–Trinajstić information content (AvgIpc) is 2.95. The molecule has 140 valence electrons. The van der Waals surface area contributed by atoms with Crippen LogP contribution in [0.4, 0.5) is 0 Å². The minimum Gasteiger partial charge on any atom is -0.354 e. The van der Waals surface area contributed by atoms with Crippen LogP contribution < -0.4 is 16.0 Å². The number of fused-ring (bicyclic) bond motifs is 1. The maximum absolute atomic E-state index is 13.0. The second-order valence-corrected chi connectivity index (χ2v) is 7.59. The molecule has 1 aliphatic rings. The molecule has 3 rings (SSSR count). The lowest BCUT2D eigenvalue weighted by molar-refractivity contribution is -0.119. The number of hydrogen-bond donors (Lipinski definition) is 3. The molecular formula is C18H22Cl2N4O2. The summed E-state index contributed by atoms with van der Waals surface area (Å²) in [6.07, 6.45) is 1.72. The molecule has 1 saturated heterocycles. The minimum absolute atomic E-state index is 0.116. The van der Waals surface area contributed by atoms with Crippen LogP contribution in [0, 0.1) is 0 Å². The Balaban J connectivity index is 1.90. The lowest BCUT2D eigenvalue weighted by Gasteiger charge is -2.38. The summed E-state index contributed by atoms with van der Waals surface area (Å²) in [6, 6.07) is 5.31. The number of hydrogen-bond acceptors (Lipinski definition) is 3. The van der Waals surface area contributed by atoms with E-state index in [1.54, 1.807) is 16.7 Å². The normalized spacial score (nSPS) is 20.2. The number of benzene rings is 1. The Hall–Kier alpha value is -1.76. The smallest absolute Gasteiger partial charge is 0.268 e. The van der Waals surface area contributed by atoms with E-state index in [0.29, 0.717) is 28.8 Å². The Labute approximate surface area is 162 Å². The maximum atomic E-state index is 13.0. The highest BCUT2D eigenvalue weighted by Crippen LogP contribution is 2.32. The molecule has 1 aliphatic heterocycles. The highest BCUT2D eigenvalue weighted by Gasteiger charge is 2.34. The molecule has 3 N–H and O–H groups in total. The monoisotopic (exact) mass is 396 g/mol. The van der Waals surface area contributed by atoms with Gasteiger partial charge in [-0.2, -0.15) is 0 Å². The van der Waals surface area contributed by atoms with Crippen LogP contribution in [0.3, 0.4) is 0 Å². The molecule has 8 heteroatoms. The lowest BCUT2D eigenvalue weighted by Crippen LogP contribution is -2.63. The Morgan fingerprint density at radius 3 is 2.77 bits per heavy atom. The van der Waals surface area contributed by atoms with Gasteiger partial charge in [0, 0.05) is 38.0 Å².